The minimum absolute atomic E-state index is 0.0570. The predicted molar refractivity (Wildman–Crippen MR) is 114 cm³/mol. The Hall–Kier alpha value is -3.60. The molecule has 0 fully saturated rings. The fraction of sp³-hybridized carbons (Fsp3) is 0.167. The summed E-state index contributed by atoms with van der Waals surface area (Å²) in [6, 6.07) is 24.0. The first-order valence-corrected chi connectivity index (χ1v) is 9.71. The highest BCUT2D eigenvalue weighted by atomic mass is 16.2. The summed E-state index contributed by atoms with van der Waals surface area (Å²) < 4.78 is 0. The summed E-state index contributed by atoms with van der Waals surface area (Å²) in [5.74, 6) is -0.202. The van der Waals surface area contributed by atoms with Crippen molar-refractivity contribution in [2.24, 2.45) is 0 Å². The molecule has 0 aromatic heterocycles. The van der Waals surface area contributed by atoms with Crippen molar-refractivity contribution in [3.8, 4) is 0 Å². The van der Waals surface area contributed by atoms with Gasteiger partial charge in [-0.15, -0.1) is 0 Å². The molecule has 1 aliphatic heterocycles. The first-order chi connectivity index (χ1) is 14.1. The van der Waals surface area contributed by atoms with Gasteiger partial charge >= 0.3 is 0 Å². The van der Waals surface area contributed by atoms with Gasteiger partial charge in [-0.3, -0.25) is 9.59 Å². The Morgan fingerprint density at radius 3 is 2.34 bits per heavy atom. The summed E-state index contributed by atoms with van der Waals surface area (Å²) in [5, 5.41) is 3.00. The molecule has 2 amide bonds. The molecular weight excluding hydrogens is 362 g/mol. The maximum Gasteiger partial charge on any atom is 0.254 e. The standard InChI is InChI=1S/C24H23N3O2/c25-20-12-10-19(11-13-20)24(29)27-15-14-17-6-4-5-9-21(17)22(27)16-26-23(28)18-7-2-1-3-8-18/h1-13,22H,14-16,25H2,(H,26,28). The van der Waals surface area contributed by atoms with E-state index < -0.39 is 0 Å². The van der Waals surface area contributed by atoms with Gasteiger partial charge in [-0.2, -0.15) is 0 Å². The number of hydrogen-bond acceptors (Lipinski definition) is 3. The van der Waals surface area contributed by atoms with Crippen LogP contribution in [-0.2, 0) is 6.42 Å². The van der Waals surface area contributed by atoms with Gasteiger partial charge in [0.15, 0.2) is 0 Å². The average Bonchev–Trinajstić information content (AvgIpc) is 2.77. The fourth-order valence-electron chi connectivity index (χ4n) is 3.79. The van der Waals surface area contributed by atoms with Gasteiger partial charge in [0.2, 0.25) is 0 Å². The van der Waals surface area contributed by atoms with Crippen LogP contribution in [0.5, 0.6) is 0 Å². The molecule has 3 aromatic rings. The number of amides is 2. The van der Waals surface area contributed by atoms with E-state index in [2.05, 4.69) is 11.4 Å². The lowest BCUT2D eigenvalue weighted by Gasteiger charge is -2.37. The number of carbonyl (C=O) groups excluding carboxylic acids is 2. The molecule has 0 spiro atoms. The maximum absolute atomic E-state index is 13.2. The third kappa shape index (κ3) is 3.99. The second kappa shape index (κ2) is 8.19. The van der Waals surface area contributed by atoms with Crippen LogP contribution in [0, 0.1) is 0 Å². The van der Waals surface area contributed by atoms with Crippen LogP contribution in [0.1, 0.15) is 37.9 Å². The van der Waals surface area contributed by atoms with Crippen molar-refractivity contribution in [2.45, 2.75) is 12.5 Å². The van der Waals surface area contributed by atoms with Crippen molar-refractivity contribution in [2.75, 3.05) is 18.8 Å². The molecule has 1 aliphatic rings. The van der Waals surface area contributed by atoms with Gasteiger partial charge in [0.1, 0.15) is 0 Å². The molecule has 5 heteroatoms. The number of nitrogens with zero attached hydrogens (tertiary/aromatic N) is 1. The van der Waals surface area contributed by atoms with Gasteiger partial charge in [0, 0.05) is 29.9 Å². The van der Waals surface area contributed by atoms with Crippen LogP contribution < -0.4 is 11.1 Å². The Morgan fingerprint density at radius 2 is 1.59 bits per heavy atom. The lowest BCUT2D eigenvalue weighted by Crippen LogP contribution is -2.45. The Bertz CT molecular complexity index is 1020. The molecule has 0 radical (unpaired) electrons. The number of benzene rings is 3. The monoisotopic (exact) mass is 385 g/mol. The number of hydrogen-bond donors (Lipinski definition) is 2. The van der Waals surface area contributed by atoms with E-state index in [-0.39, 0.29) is 17.9 Å². The van der Waals surface area contributed by atoms with Gasteiger partial charge in [0.25, 0.3) is 11.8 Å². The summed E-state index contributed by atoms with van der Waals surface area (Å²) in [5.41, 5.74) is 9.88. The molecule has 3 aromatic carbocycles. The van der Waals surface area contributed by atoms with Crippen molar-refractivity contribution in [3.05, 3.63) is 101 Å². The van der Waals surface area contributed by atoms with Crippen LogP contribution in [0.4, 0.5) is 5.69 Å². The summed E-state index contributed by atoms with van der Waals surface area (Å²) in [4.78, 5) is 27.6. The van der Waals surface area contributed by atoms with Gasteiger partial charge in [-0.1, -0.05) is 42.5 Å². The van der Waals surface area contributed by atoms with Gasteiger partial charge < -0.3 is 16.0 Å². The average molecular weight is 385 g/mol. The minimum atomic E-state index is -0.224. The van der Waals surface area contributed by atoms with Crippen molar-refractivity contribution in [1.82, 2.24) is 10.2 Å². The number of carbonyl (C=O) groups is 2. The topological polar surface area (TPSA) is 75.4 Å². The zero-order valence-electron chi connectivity index (χ0n) is 16.0. The van der Waals surface area contributed by atoms with Crippen LogP contribution in [0.2, 0.25) is 0 Å². The van der Waals surface area contributed by atoms with Gasteiger partial charge in [-0.05, 0) is 53.9 Å². The highest BCUT2D eigenvalue weighted by molar-refractivity contribution is 5.96. The highest BCUT2D eigenvalue weighted by Crippen LogP contribution is 2.30. The molecule has 0 saturated heterocycles. The molecule has 1 unspecified atom stereocenters. The van der Waals surface area contributed by atoms with Crippen LogP contribution in [0.25, 0.3) is 0 Å². The molecule has 3 N–H and O–H groups in total. The van der Waals surface area contributed by atoms with E-state index in [1.54, 1.807) is 36.4 Å². The SMILES string of the molecule is Nc1ccc(C(=O)N2CCc3ccccc3C2CNC(=O)c2ccccc2)cc1. The molecule has 1 heterocycles. The van der Waals surface area contributed by atoms with E-state index in [0.29, 0.717) is 29.9 Å². The maximum atomic E-state index is 13.2. The largest absolute Gasteiger partial charge is 0.399 e. The zero-order valence-corrected chi connectivity index (χ0v) is 16.0. The molecule has 0 aliphatic carbocycles. The Morgan fingerprint density at radius 1 is 0.897 bits per heavy atom. The van der Waals surface area contributed by atoms with Crippen LogP contribution in [0.15, 0.2) is 78.9 Å². The number of nitrogen functional groups attached to an aromatic ring is 1. The predicted octanol–water partition coefficient (Wildman–Crippen LogP) is 3.44. The van der Waals surface area contributed by atoms with E-state index in [9.17, 15) is 9.59 Å². The Kier molecular flexibility index (Phi) is 5.29. The molecule has 0 saturated carbocycles. The fourth-order valence-corrected chi connectivity index (χ4v) is 3.79. The van der Waals surface area contributed by atoms with Crippen LogP contribution >= 0.6 is 0 Å². The second-order valence-corrected chi connectivity index (χ2v) is 7.16. The number of fused-ring (bicyclic) bond motifs is 1. The number of rotatable bonds is 4. The number of nitrogens with two attached hydrogens (primary N) is 1. The lowest BCUT2D eigenvalue weighted by atomic mass is 9.91. The summed E-state index contributed by atoms with van der Waals surface area (Å²) >= 11 is 0. The van der Waals surface area contributed by atoms with Gasteiger partial charge in [-0.25, -0.2) is 0 Å². The first-order valence-electron chi connectivity index (χ1n) is 9.71. The molecule has 146 valence electrons. The molecular formula is C24H23N3O2. The molecule has 29 heavy (non-hydrogen) atoms. The summed E-state index contributed by atoms with van der Waals surface area (Å²) in [7, 11) is 0. The van der Waals surface area contributed by atoms with Crippen molar-refractivity contribution < 1.29 is 9.59 Å². The van der Waals surface area contributed by atoms with Crippen LogP contribution in [0.3, 0.4) is 0 Å². The Balaban J connectivity index is 1.59. The normalized spacial score (nSPS) is 15.4. The van der Waals surface area contributed by atoms with E-state index in [4.69, 9.17) is 5.73 Å². The molecule has 1 atom stereocenters. The highest BCUT2D eigenvalue weighted by Gasteiger charge is 2.31. The summed E-state index contributed by atoms with van der Waals surface area (Å²) in [6.45, 7) is 0.956. The second-order valence-electron chi connectivity index (χ2n) is 7.16. The molecule has 0 bridgehead atoms. The quantitative estimate of drug-likeness (QED) is 0.676. The van der Waals surface area contributed by atoms with E-state index in [0.717, 1.165) is 12.0 Å². The van der Waals surface area contributed by atoms with E-state index in [1.165, 1.54) is 5.56 Å². The van der Waals surface area contributed by atoms with E-state index >= 15 is 0 Å². The third-order valence-electron chi connectivity index (χ3n) is 5.32. The smallest absolute Gasteiger partial charge is 0.254 e. The summed E-state index contributed by atoms with van der Waals surface area (Å²) in [6.07, 6.45) is 0.792. The van der Waals surface area contributed by atoms with Crippen LogP contribution in [-0.4, -0.2) is 29.8 Å². The first kappa shape index (κ1) is 18.7. The molecule has 5 nitrogen and oxygen atoms in total. The number of nitrogens with one attached hydrogen (secondary N) is 1. The lowest BCUT2D eigenvalue weighted by molar-refractivity contribution is 0.0648. The number of anilines is 1. The Labute approximate surface area is 170 Å². The van der Waals surface area contributed by atoms with Crippen molar-refractivity contribution in [1.29, 1.82) is 0 Å². The third-order valence-corrected chi connectivity index (χ3v) is 5.32. The molecule has 4 rings (SSSR count). The van der Waals surface area contributed by atoms with Crippen molar-refractivity contribution in [3.63, 3.8) is 0 Å². The minimum Gasteiger partial charge on any atom is -0.399 e. The van der Waals surface area contributed by atoms with Gasteiger partial charge in [0.05, 0.1) is 6.04 Å². The van der Waals surface area contributed by atoms with E-state index in [1.807, 2.05) is 41.3 Å². The van der Waals surface area contributed by atoms with Crippen molar-refractivity contribution >= 4 is 17.5 Å². The zero-order chi connectivity index (χ0) is 20.2.